The number of carbonyl (C=O) groups excluding carboxylic acids is 1. The number of aromatic nitrogens is 3. The Labute approximate surface area is 171 Å². The van der Waals surface area contributed by atoms with Gasteiger partial charge >= 0.3 is 0 Å². The van der Waals surface area contributed by atoms with E-state index in [1.165, 1.54) is 5.56 Å². The Morgan fingerprint density at radius 2 is 2.10 bits per heavy atom. The summed E-state index contributed by atoms with van der Waals surface area (Å²) < 4.78 is 7.76. The number of oxazole rings is 1. The van der Waals surface area contributed by atoms with Crippen LogP contribution in [0.15, 0.2) is 47.0 Å². The Balaban J connectivity index is 1.44. The lowest BCUT2D eigenvalue weighted by molar-refractivity contribution is 0.0686. The fourth-order valence-electron chi connectivity index (χ4n) is 4.02. The number of hydrogen-bond donors (Lipinski definition) is 0. The maximum atomic E-state index is 13.1. The lowest BCUT2D eigenvalue weighted by Gasteiger charge is -2.31. The van der Waals surface area contributed by atoms with Gasteiger partial charge in [0.25, 0.3) is 5.91 Å². The summed E-state index contributed by atoms with van der Waals surface area (Å²) >= 11 is 0. The molecule has 0 N–H and O–H groups in total. The highest BCUT2D eigenvalue weighted by Gasteiger charge is 2.29. The van der Waals surface area contributed by atoms with Crippen LogP contribution in [-0.4, -0.2) is 38.7 Å². The average Bonchev–Trinajstić information content (AvgIpc) is 3.35. The van der Waals surface area contributed by atoms with Crippen LogP contribution in [0.2, 0.25) is 0 Å². The van der Waals surface area contributed by atoms with Crippen LogP contribution >= 0.6 is 0 Å². The standard InChI is InChI=1S/C23H28N4O2/c1-3-8-19-14-21(26(2)25-19)23(28)27-12-7-11-18(16-27)22-24-15-20(29-22)13-17-9-5-4-6-10-17/h4-6,9-10,14-15,18H,3,7-8,11-13,16H2,1-2H3. The van der Waals surface area contributed by atoms with E-state index in [-0.39, 0.29) is 11.8 Å². The third-order valence-electron chi connectivity index (χ3n) is 5.51. The van der Waals surface area contributed by atoms with E-state index in [4.69, 9.17) is 4.42 Å². The van der Waals surface area contributed by atoms with Crippen LogP contribution < -0.4 is 0 Å². The van der Waals surface area contributed by atoms with Gasteiger partial charge in [0, 0.05) is 26.6 Å². The summed E-state index contributed by atoms with van der Waals surface area (Å²) in [7, 11) is 1.85. The van der Waals surface area contributed by atoms with E-state index in [1.54, 1.807) is 4.68 Å². The van der Waals surface area contributed by atoms with E-state index in [9.17, 15) is 4.79 Å². The largest absolute Gasteiger partial charge is 0.445 e. The maximum Gasteiger partial charge on any atom is 0.272 e. The van der Waals surface area contributed by atoms with Crippen molar-refractivity contribution < 1.29 is 9.21 Å². The van der Waals surface area contributed by atoms with E-state index in [1.807, 2.05) is 42.4 Å². The van der Waals surface area contributed by atoms with Crippen molar-refractivity contribution in [1.29, 1.82) is 0 Å². The normalized spacial score (nSPS) is 16.9. The van der Waals surface area contributed by atoms with Gasteiger partial charge in [0.1, 0.15) is 11.5 Å². The van der Waals surface area contributed by atoms with Crippen molar-refractivity contribution in [1.82, 2.24) is 19.7 Å². The molecule has 0 aliphatic carbocycles. The fraction of sp³-hybridized carbons (Fsp3) is 0.435. The van der Waals surface area contributed by atoms with Crippen LogP contribution in [0.4, 0.5) is 0 Å². The molecule has 152 valence electrons. The average molecular weight is 393 g/mol. The monoisotopic (exact) mass is 392 g/mol. The molecule has 6 nitrogen and oxygen atoms in total. The third-order valence-corrected chi connectivity index (χ3v) is 5.51. The van der Waals surface area contributed by atoms with Crippen molar-refractivity contribution in [3.8, 4) is 0 Å². The lowest BCUT2D eigenvalue weighted by atomic mass is 9.97. The SMILES string of the molecule is CCCc1cc(C(=O)N2CCCC(c3ncc(Cc4ccccc4)o3)C2)n(C)n1. The van der Waals surface area contributed by atoms with E-state index < -0.39 is 0 Å². The molecule has 2 aromatic heterocycles. The van der Waals surface area contributed by atoms with Crippen LogP contribution in [-0.2, 0) is 19.9 Å². The Morgan fingerprint density at radius 3 is 2.90 bits per heavy atom. The van der Waals surface area contributed by atoms with E-state index in [0.717, 1.165) is 56.0 Å². The number of hydrogen-bond acceptors (Lipinski definition) is 4. The summed E-state index contributed by atoms with van der Waals surface area (Å²) in [4.78, 5) is 19.5. The van der Waals surface area contributed by atoms with Crippen molar-refractivity contribution in [3.63, 3.8) is 0 Å². The van der Waals surface area contributed by atoms with Crippen LogP contribution in [0.3, 0.4) is 0 Å². The van der Waals surface area contributed by atoms with E-state index >= 15 is 0 Å². The minimum Gasteiger partial charge on any atom is -0.445 e. The summed E-state index contributed by atoms with van der Waals surface area (Å²) in [5.41, 5.74) is 2.84. The summed E-state index contributed by atoms with van der Waals surface area (Å²) in [5, 5.41) is 4.47. The fourth-order valence-corrected chi connectivity index (χ4v) is 4.02. The van der Waals surface area contributed by atoms with Crippen molar-refractivity contribution >= 4 is 5.91 Å². The van der Waals surface area contributed by atoms with Gasteiger partial charge in [-0.1, -0.05) is 43.7 Å². The van der Waals surface area contributed by atoms with Gasteiger partial charge in [0.05, 0.1) is 17.8 Å². The van der Waals surface area contributed by atoms with Gasteiger partial charge in [0.15, 0.2) is 5.89 Å². The number of nitrogens with zero attached hydrogens (tertiary/aromatic N) is 4. The quantitative estimate of drug-likeness (QED) is 0.637. The highest BCUT2D eigenvalue weighted by Crippen LogP contribution is 2.28. The third kappa shape index (κ3) is 4.42. The Kier molecular flexibility index (Phi) is 5.79. The Morgan fingerprint density at radius 1 is 1.28 bits per heavy atom. The number of rotatable bonds is 6. The molecule has 3 heterocycles. The molecule has 0 spiro atoms. The molecule has 1 fully saturated rings. The second kappa shape index (κ2) is 8.64. The maximum absolute atomic E-state index is 13.1. The predicted octanol–water partition coefficient (Wildman–Crippen LogP) is 3.97. The first-order chi connectivity index (χ1) is 14.1. The molecular weight excluding hydrogens is 364 g/mol. The summed E-state index contributed by atoms with van der Waals surface area (Å²) in [6.07, 6.45) is 6.41. The second-order valence-corrected chi connectivity index (χ2v) is 7.81. The Hall–Kier alpha value is -2.89. The van der Waals surface area contributed by atoms with Crippen molar-refractivity contribution in [2.45, 2.75) is 44.9 Å². The minimum absolute atomic E-state index is 0.0446. The van der Waals surface area contributed by atoms with Crippen molar-refractivity contribution in [2.24, 2.45) is 7.05 Å². The molecule has 1 saturated heterocycles. The van der Waals surface area contributed by atoms with Gasteiger partial charge in [0.2, 0.25) is 0 Å². The zero-order chi connectivity index (χ0) is 20.2. The molecule has 4 rings (SSSR count). The smallest absolute Gasteiger partial charge is 0.272 e. The van der Waals surface area contributed by atoms with E-state index in [2.05, 4.69) is 29.1 Å². The van der Waals surface area contributed by atoms with Gasteiger partial charge in [-0.25, -0.2) is 4.98 Å². The number of benzene rings is 1. The molecule has 1 aliphatic heterocycles. The molecule has 0 saturated carbocycles. The molecule has 0 bridgehead atoms. The topological polar surface area (TPSA) is 64.2 Å². The van der Waals surface area contributed by atoms with Crippen LogP contribution in [0, 0.1) is 0 Å². The first-order valence-corrected chi connectivity index (χ1v) is 10.4. The second-order valence-electron chi connectivity index (χ2n) is 7.81. The molecule has 1 atom stereocenters. The Bertz CT molecular complexity index is 960. The highest BCUT2D eigenvalue weighted by atomic mass is 16.4. The van der Waals surface area contributed by atoms with Gasteiger partial charge in [-0.2, -0.15) is 5.10 Å². The van der Waals surface area contributed by atoms with Crippen LogP contribution in [0.25, 0.3) is 0 Å². The van der Waals surface area contributed by atoms with Gasteiger partial charge in [-0.3, -0.25) is 9.48 Å². The minimum atomic E-state index is 0.0446. The van der Waals surface area contributed by atoms with E-state index in [0.29, 0.717) is 12.2 Å². The zero-order valence-electron chi connectivity index (χ0n) is 17.2. The molecule has 0 radical (unpaired) electrons. The molecule has 1 aliphatic rings. The predicted molar refractivity (Wildman–Crippen MR) is 111 cm³/mol. The summed E-state index contributed by atoms with van der Waals surface area (Å²) in [6, 6.07) is 12.2. The molecular formula is C23H28N4O2. The number of amides is 1. The van der Waals surface area contributed by atoms with Crippen LogP contribution in [0.1, 0.15) is 65.5 Å². The van der Waals surface area contributed by atoms with Gasteiger partial charge in [-0.05, 0) is 30.9 Å². The molecule has 3 aromatic rings. The molecule has 1 aromatic carbocycles. The molecule has 29 heavy (non-hydrogen) atoms. The van der Waals surface area contributed by atoms with Gasteiger partial charge in [-0.15, -0.1) is 0 Å². The van der Waals surface area contributed by atoms with Crippen molar-refractivity contribution in [3.05, 3.63) is 71.2 Å². The first-order valence-electron chi connectivity index (χ1n) is 10.4. The molecule has 1 unspecified atom stereocenters. The molecule has 6 heteroatoms. The van der Waals surface area contributed by atoms with Crippen molar-refractivity contribution in [2.75, 3.05) is 13.1 Å². The molecule has 1 amide bonds. The highest BCUT2D eigenvalue weighted by molar-refractivity contribution is 5.92. The first kappa shape index (κ1) is 19.4. The lowest BCUT2D eigenvalue weighted by Crippen LogP contribution is -2.40. The zero-order valence-corrected chi connectivity index (χ0v) is 17.2. The number of piperidine rings is 1. The van der Waals surface area contributed by atoms with Gasteiger partial charge < -0.3 is 9.32 Å². The number of carbonyl (C=O) groups is 1. The summed E-state index contributed by atoms with van der Waals surface area (Å²) in [5.74, 6) is 1.79. The number of aryl methyl sites for hydroxylation is 2. The van der Waals surface area contributed by atoms with Crippen LogP contribution in [0.5, 0.6) is 0 Å². The summed E-state index contributed by atoms with van der Waals surface area (Å²) in [6.45, 7) is 3.52. The number of likely N-dealkylation sites (tertiary alicyclic amines) is 1.